The van der Waals surface area contributed by atoms with Gasteiger partial charge in [0.1, 0.15) is 5.58 Å². The molecule has 3 aromatic rings. The van der Waals surface area contributed by atoms with Gasteiger partial charge < -0.3 is 4.42 Å². The van der Waals surface area contributed by atoms with Gasteiger partial charge in [-0.25, -0.2) is 4.79 Å². The molecule has 2 nitrogen and oxygen atoms in total. The molecule has 22 heavy (non-hydrogen) atoms. The van der Waals surface area contributed by atoms with Crippen molar-refractivity contribution in [1.82, 2.24) is 0 Å². The van der Waals surface area contributed by atoms with Gasteiger partial charge in [0.2, 0.25) is 0 Å². The fourth-order valence-corrected chi connectivity index (χ4v) is 3.04. The van der Waals surface area contributed by atoms with Crippen LogP contribution in [0.5, 0.6) is 0 Å². The Kier molecular flexibility index (Phi) is 3.92. The number of rotatable bonds is 2. The molecule has 0 saturated heterocycles. The zero-order valence-electron chi connectivity index (χ0n) is 12.8. The van der Waals surface area contributed by atoms with Crippen LogP contribution in [0.25, 0.3) is 22.1 Å². The molecular formula is C19H17BrO2. The third-order valence-electron chi connectivity index (χ3n) is 3.91. The number of hydrogen-bond acceptors (Lipinski definition) is 2. The predicted molar refractivity (Wildman–Crippen MR) is 94.4 cm³/mol. The fourth-order valence-electron chi connectivity index (χ4n) is 2.77. The monoisotopic (exact) mass is 356 g/mol. The van der Waals surface area contributed by atoms with Gasteiger partial charge in [0.15, 0.2) is 0 Å². The highest BCUT2D eigenvalue weighted by Crippen LogP contribution is 2.34. The molecule has 0 N–H and O–H groups in total. The average molecular weight is 357 g/mol. The van der Waals surface area contributed by atoms with Gasteiger partial charge in [-0.15, -0.1) is 0 Å². The Labute approximate surface area is 137 Å². The number of benzene rings is 2. The van der Waals surface area contributed by atoms with Crippen molar-refractivity contribution in [2.75, 3.05) is 0 Å². The van der Waals surface area contributed by atoms with E-state index in [1.807, 2.05) is 24.3 Å². The Morgan fingerprint density at radius 2 is 1.73 bits per heavy atom. The van der Waals surface area contributed by atoms with E-state index in [1.54, 1.807) is 6.07 Å². The number of aryl methyl sites for hydroxylation is 1. The first-order valence-electron chi connectivity index (χ1n) is 7.30. The van der Waals surface area contributed by atoms with Crippen molar-refractivity contribution in [2.24, 2.45) is 0 Å². The highest BCUT2D eigenvalue weighted by atomic mass is 79.9. The lowest BCUT2D eigenvalue weighted by Crippen LogP contribution is -2.02. The zero-order valence-corrected chi connectivity index (χ0v) is 14.4. The van der Waals surface area contributed by atoms with Gasteiger partial charge in [0.05, 0.1) is 0 Å². The first kappa shape index (κ1) is 15.0. The molecule has 0 bridgehead atoms. The molecule has 0 radical (unpaired) electrons. The number of fused-ring (bicyclic) bond motifs is 1. The first-order valence-corrected chi connectivity index (χ1v) is 8.10. The van der Waals surface area contributed by atoms with E-state index >= 15 is 0 Å². The molecule has 0 aliphatic carbocycles. The van der Waals surface area contributed by atoms with Crippen LogP contribution in [-0.4, -0.2) is 0 Å². The van der Waals surface area contributed by atoms with E-state index in [1.165, 1.54) is 0 Å². The molecule has 1 aromatic heterocycles. The molecule has 2 aromatic carbocycles. The van der Waals surface area contributed by atoms with Crippen LogP contribution in [0.2, 0.25) is 0 Å². The van der Waals surface area contributed by atoms with Crippen LogP contribution >= 0.6 is 15.9 Å². The summed E-state index contributed by atoms with van der Waals surface area (Å²) in [5, 5.41) is 1.02. The van der Waals surface area contributed by atoms with Crippen molar-refractivity contribution in [1.29, 1.82) is 0 Å². The van der Waals surface area contributed by atoms with E-state index < -0.39 is 0 Å². The highest BCUT2D eigenvalue weighted by Gasteiger charge is 2.15. The molecule has 0 atom stereocenters. The molecule has 1 heterocycles. The van der Waals surface area contributed by atoms with Crippen LogP contribution in [0.1, 0.15) is 30.9 Å². The summed E-state index contributed by atoms with van der Waals surface area (Å²) in [6, 6.07) is 13.7. The molecule has 0 fully saturated rings. The van der Waals surface area contributed by atoms with Gasteiger partial charge in [-0.3, -0.25) is 0 Å². The van der Waals surface area contributed by atoms with E-state index in [0.29, 0.717) is 11.5 Å². The molecule has 3 heteroatoms. The Morgan fingerprint density at radius 3 is 2.36 bits per heavy atom. The molecular weight excluding hydrogens is 340 g/mol. The lowest BCUT2D eigenvalue weighted by Gasteiger charge is -2.13. The zero-order chi connectivity index (χ0) is 15.9. The summed E-state index contributed by atoms with van der Waals surface area (Å²) in [4.78, 5) is 12.1. The van der Waals surface area contributed by atoms with Crippen molar-refractivity contribution in [3.63, 3.8) is 0 Å². The van der Waals surface area contributed by atoms with Crippen LogP contribution in [0.3, 0.4) is 0 Å². The first-order chi connectivity index (χ1) is 10.5. The highest BCUT2D eigenvalue weighted by molar-refractivity contribution is 9.10. The summed E-state index contributed by atoms with van der Waals surface area (Å²) >= 11 is 3.45. The van der Waals surface area contributed by atoms with Crippen molar-refractivity contribution in [3.8, 4) is 11.1 Å². The molecule has 0 aliphatic rings. The summed E-state index contributed by atoms with van der Waals surface area (Å²) in [6.07, 6.45) is 0. The van der Waals surface area contributed by atoms with Crippen LogP contribution < -0.4 is 5.63 Å². The molecule has 112 valence electrons. The molecule has 0 unspecified atom stereocenters. The van der Waals surface area contributed by atoms with Gasteiger partial charge in [-0.2, -0.15) is 0 Å². The summed E-state index contributed by atoms with van der Waals surface area (Å²) in [5.74, 6) is 0.298. The quantitative estimate of drug-likeness (QED) is 0.555. The third-order valence-corrected chi connectivity index (χ3v) is 4.44. The van der Waals surface area contributed by atoms with Gasteiger partial charge in [-0.05, 0) is 41.7 Å². The van der Waals surface area contributed by atoms with Crippen molar-refractivity contribution in [3.05, 3.63) is 68.5 Å². The maximum absolute atomic E-state index is 12.1. The summed E-state index contributed by atoms with van der Waals surface area (Å²) in [7, 11) is 0. The van der Waals surface area contributed by atoms with E-state index in [4.69, 9.17) is 4.42 Å². The summed E-state index contributed by atoms with van der Waals surface area (Å²) < 4.78 is 6.57. The summed E-state index contributed by atoms with van der Waals surface area (Å²) in [6.45, 7) is 6.27. The van der Waals surface area contributed by atoms with E-state index in [0.717, 1.165) is 32.1 Å². The summed E-state index contributed by atoms with van der Waals surface area (Å²) in [5.41, 5.74) is 4.53. The number of halogens is 1. The van der Waals surface area contributed by atoms with Crippen molar-refractivity contribution >= 4 is 26.9 Å². The van der Waals surface area contributed by atoms with Crippen LogP contribution in [0, 0.1) is 6.92 Å². The third kappa shape index (κ3) is 2.61. The van der Waals surface area contributed by atoms with Crippen LogP contribution in [-0.2, 0) is 0 Å². The van der Waals surface area contributed by atoms with E-state index in [2.05, 4.69) is 48.8 Å². The number of hydrogen-bond donors (Lipinski definition) is 0. The average Bonchev–Trinajstić information content (AvgIpc) is 2.47. The van der Waals surface area contributed by atoms with E-state index in [-0.39, 0.29) is 5.63 Å². The Hall–Kier alpha value is -1.87. The molecule has 3 rings (SSSR count). The minimum Gasteiger partial charge on any atom is -0.422 e. The second-order valence-corrected chi connectivity index (χ2v) is 6.73. The SMILES string of the molecule is Cc1ccc(C(C)C)c2oc(=O)cc(-c3ccc(Br)cc3)c12. The fraction of sp³-hybridized carbons (Fsp3) is 0.211. The normalized spacial score (nSPS) is 11.3. The Morgan fingerprint density at radius 1 is 1.05 bits per heavy atom. The minimum absolute atomic E-state index is 0.298. The van der Waals surface area contributed by atoms with Crippen LogP contribution in [0.15, 0.2) is 56.1 Å². The van der Waals surface area contributed by atoms with Gasteiger partial charge in [-0.1, -0.05) is 54.0 Å². The van der Waals surface area contributed by atoms with Crippen LogP contribution in [0.4, 0.5) is 0 Å². The van der Waals surface area contributed by atoms with E-state index in [9.17, 15) is 4.79 Å². The largest absolute Gasteiger partial charge is 0.422 e. The maximum atomic E-state index is 12.1. The second-order valence-electron chi connectivity index (χ2n) is 5.82. The van der Waals surface area contributed by atoms with Crippen molar-refractivity contribution in [2.45, 2.75) is 26.7 Å². The molecule has 0 amide bonds. The standard InChI is InChI=1S/C19H17BrO2/c1-11(2)15-9-4-12(3)18-16(10-17(21)22-19(15)18)13-5-7-14(20)8-6-13/h4-11H,1-3H3. The topological polar surface area (TPSA) is 30.2 Å². The van der Waals surface area contributed by atoms with Crippen molar-refractivity contribution < 1.29 is 4.42 Å². The Balaban J connectivity index is 2.42. The molecule has 0 spiro atoms. The maximum Gasteiger partial charge on any atom is 0.336 e. The predicted octanol–water partition coefficient (Wildman–Crippen LogP) is 5.65. The van der Waals surface area contributed by atoms with Gasteiger partial charge >= 0.3 is 5.63 Å². The Bertz CT molecular complexity index is 890. The smallest absolute Gasteiger partial charge is 0.336 e. The lowest BCUT2D eigenvalue weighted by atomic mass is 9.93. The lowest BCUT2D eigenvalue weighted by molar-refractivity contribution is 0.554. The minimum atomic E-state index is -0.307. The van der Waals surface area contributed by atoms with Gasteiger partial charge in [0, 0.05) is 21.5 Å². The van der Waals surface area contributed by atoms with Gasteiger partial charge in [0.25, 0.3) is 0 Å². The second kappa shape index (κ2) is 5.73. The molecule has 0 saturated carbocycles. The molecule has 0 aliphatic heterocycles.